The van der Waals surface area contributed by atoms with Gasteiger partial charge >= 0.3 is 0 Å². The highest BCUT2D eigenvalue weighted by molar-refractivity contribution is 9.09. The molecule has 2 aliphatic rings. The largest absolute Gasteiger partial charge is 0.295 e. The average molecular weight is 215 g/mol. The first kappa shape index (κ1) is 7.53. The molecule has 0 radical (unpaired) electrons. The summed E-state index contributed by atoms with van der Waals surface area (Å²) in [4.78, 5) is 11.2. The normalized spacial score (nSPS) is 34.6. The summed E-state index contributed by atoms with van der Waals surface area (Å²) in [5.41, 5.74) is 1.39. The third-order valence-electron chi connectivity index (χ3n) is 2.77. The van der Waals surface area contributed by atoms with Crippen LogP contribution in [-0.2, 0) is 4.79 Å². The fraction of sp³-hybridized carbons (Fsp3) is 0.667. The van der Waals surface area contributed by atoms with E-state index in [4.69, 9.17) is 0 Å². The van der Waals surface area contributed by atoms with E-state index >= 15 is 0 Å². The first-order valence-corrected chi connectivity index (χ1v) is 5.22. The summed E-state index contributed by atoms with van der Waals surface area (Å²) in [5.74, 6) is 1.40. The van der Waals surface area contributed by atoms with E-state index in [0.717, 1.165) is 18.2 Å². The molecule has 2 bridgehead atoms. The van der Waals surface area contributed by atoms with Crippen molar-refractivity contribution in [3.8, 4) is 0 Å². The number of halogens is 1. The lowest BCUT2D eigenvalue weighted by atomic mass is 9.89. The molecule has 11 heavy (non-hydrogen) atoms. The second kappa shape index (κ2) is 2.74. The van der Waals surface area contributed by atoms with E-state index in [-0.39, 0.29) is 0 Å². The zero-order valence-electron chi connectivity index (χ0n) is 6.35. The minimum atomic E-state index is 0.363. The van der Waals surface area contributed by atoms with E-state index in [2.05, 4.69) is 15.9 Å². The van der Waals surface area contributed by atoms with Crippen molar-refractivity contribution >= 4 is 21.7 Å². The van der Waals surface area contributed by atoms with Crippen molar-refractivity contribution in [1.29, 1.82) is 0 Å². The van der Waals surface area contributed by atoms with Crippen LogP contribution in [0.15, 0.2) is 11.6 Å². The zero-order chi connectivity index (χ0) is 7.84. The Labute approximate surface area is 75.0 Å². The van der Waals surface area contributed by atoms with Gasteiger partial charge in [0.15, 0.2) is 5.78 Å². The van der Waals surface area contributed by atoms with E-state index in [1.54, 1.807) is 0 Å². The number of rotatable bonds is 2. The molecule has 0 saturated heterocycles. The second-order valence-electron chi connectivity index (χ2n) is 3.46. The van der Waals surface area contributed by atoms with E-state index in [9.17, 15) is 4.79 Å². The Balaban J connectivity index is 2.09. The molecule has 60 valence electrons. The Morgan fingerprint density at radius 3 is 2.91 bits per heavy atom. The maximum Gasteiger partial charge on any atom is 0.159 e. The van der Waals surface area contributed by atoms with Gasteiger partial charge in [-0.25, -0.2) is 0 Å². The van der Waals surface area contributed by atoms with Crippen molar-refractivity contribution in [2.45, 2.75) is 19.3 Å². The van der Waals surface area contributed by atoms with E-state index in [1.807, 2.05) is 6.08 Å². The standard InChI is InChI=1S/C9H11BrO/c10-2-1-7-3-6-4-8(7)9(11)5-6/h5,7-8H,1-4H2. The number of alkyl halides is 1. The van der Waals surface area contributed by atoms with Gasteiger partial charge in [-0.15, -0.1) is 0 Å². The molecular weight excluding hydrogens is 204 g/mol. The van der Waals surface area contributed by atoms with Crippen molar-refractivity contribution < 1.29 is 4.79 Å². The Morgan fingerprint density at radius 1 is 1.55 bits per heavy atom. The van der Waals surface area contributed by atoms with Gasteiger partial charge in [0.2, 0.25) is 0 Å². The van der Waals surface area contributed by atoms with E-state index in [1.165, 1.54) is 12.0 Å². The SMILES string of the molecule is O=C1C=C2CC(CCBr)C1C2. The number of carbonyl (C=O) groups excluding carboxylic acids is 1. The van der Waals surface area contributed by atoms with Crippen LogP contribution in [0.2, 0.25) is 0 Å². The van der Waals surface area contributed by atoms with Crippen molar-refractivity contribution in [3.63, 3.8) is 0 Å². The maximum absolute atomic E-state index is 11.2. The van der Waals surface area contributed by atoms with Gasteiger partial charge < -0.3 is 0 Å². The molecule has 0 heterocycles. The summed E-state index contributed by atoms with van der Waals surface area (Å²) >= 11 is 3.42. The predicted octanol–water partition coefficient (Wildman–Crippen LogP) is 2.31. The molecule has 0 aliphatic heterocycles. The van der Waals surface area contributed by atoms with Crippen LogP contribution in [0.3, 0.4) is 0 Å². The molecule has 0 aromatic carbocycles. The second-order valence-corrected chi connectivity index (χ2v) is 4.25. The average Bonchev–Trinajstić information content (AvgIpc) is 2.46. The molecule has 1 fully saturated rings. The van der Waals surface area contributed by atoms with Crippen LogP contribution in [-0.4, -0.2) is 11.1 Å². The summed E-state index contributed by atoms with van der Waals surface area (Å²) < 4.78 is 0. The molecule has 0 N–H and O–H groups in total. The van der Waals surface area contributed by atoms with Crippen LogP contribution in [0.1, 0.15) is 19.3 Å². The maximum atomic E-state index is 11.2. The Hall–Kier alpha value is -0.110. The van der Waals surface area contributed by atoms with Crippen LogP contribution in [0, 0.1) is 11.8 Å². The number of fused-ring (bicyclic) bond motifs is 2. The van der Waals surface area contributed by atoms with Gasteiger partial charge in [0.25, 0.3) is 0 Å². The molecular formula is C9H11BrO. The highest BCUT2D eigenvalue weighted by Gasteiger charge is 2.38. The molecule has 1 saturated carbocycles. The molecule has 0 aromatic rings. The minimum absolute atomic E-state index is 0.363. The number of carbonyl (C=O) groups is 1. The van der Waals surface area contributed by atoms with Crippen molar-refractivity contribution in [3.05, 3.63) is 11.6 Å². The third-order valence-corrected chi connectivity index (χ3v) is 3.23. The monoisotopic (exact) mass is 214 g/mol. The van der Waals surface area contributed by atoms with E-state index < -0.39 is 0 Å². The molecule has 1 nitrogen and oxygen atoms in total. The smallest absolute Gasteiger partial charge is 0.159 e. The molecule has 2 rings (SSSR count). The summed E-state index contributed by atoms with van der Waals surface area (Å²) in [6.45, 7) is 0. The molecule has 0 spiro atoms. The molecule has 2 atom stereocenters. The van der Waals surface area contributed by atoms with Crippen LogP contribution >= 0.6 is 15.9 Å². The molecule has 2 aliphatic carbocycles. The first-order chi connectivity index (χ1) is 5.31. The van der Waals surface area contributed by atoms with Gasteiger partial charge in [-0.05, 0) is 31.3 Å². The van der Waals surface area contributed by atoms with Gasteiger partial charge in [-0.3, -0.25) is 4.79 Å². The molecule has 2 heteroatoms. The van der Waals surface area contributed by atoms with Gasteiger partial charge in [-0.1, -0.05) is 21.5 Å². The molecule has 0 aromatic heterocycles. The zero-order valence-corrected chi connectivity index (χ0v) is 7.93. The van der Waals surface area contributed by atoms with Gasteiger partial charge in [0.1, 0.15) is 0 Å². The quantitative estimate of drug-likeness (QED) is 0.646. The van der Waals surface area contributed by atoms with Crippen molar-refractivity contribution in [1.82, 2.24) is 0 Å². The number of ketones is 1. The predicted molar refractivity (Wildman–Crippen MR) is 47.7 cm³/mol. The summed E-state index contributed by atoms with van der Waals surface area (Å²) in [6.07, 6.45) is 5.27. The summed E-state index contributed by atoms with van der Waals surface area (Å²) in [6, 6.07) is 0. The van der Waals surface area contributed by atoms with Crippen molar-refractivity contribution in [2.75, 3.05) is 5.33 Å². The number of hydrogen-bond donors (Lipinski definition) is 0. The summed E-state index contributed by atoms with van der Waals surface area (Å²) in [5, 5.41) is 1.04. The fourth-order valence-electron chi connectivity index (χ4n) is 2.21. The Bertz CT molecular complexity index is 220. The lowest BCUT2D eigenvalue weighted by Crippen LogP contribution is -2.17. The highest BCUT2D eigenvalue weighted by Crippen LogP contribution is 2.43. The van der Waals surface area contributed by atoms with Gasteiger partial charge in [-0.2, -0.15) is 0 Å². The van der Waals surface area contributed by atoms with Crippen LogP contribution in [0.5, 0.6) is 0 Å². The lowest BCUT2D eigenvalue weighted by Gasteiger charge is -2.15. The topological polar surface area (TPSA) is 17.1 Å². The first-order valence-electron chi connectivity index (χ1n) is 4.10. The third kappa shape index (κ3) is 1.18. The van der Waals surface area contributed by atoms with Gasteiger partial charge in [0, 0.05) is 11.2 Å². The Morgan fingerprint density at radius 2 is 2.36 bits per heavy atom. The van der Waals surface area contributed by atoms with E-state index in [0.29, 0.717) is 17.6 Å². The molecule has 0 amide bonds. The lowest BCUT2D eigenvalue weighted by molar-refractivity contribution is -0.118. The van der Waals surface area contributed by atoms with Crippen molar-refractivity contribution in [2.24, 2.45) is 11.8 Å². The highest BCUT2D eigenvalue weighted by atomic mass is 79.9. The summed E-state index contributed by atoms with van der Waals surface area (Å²) in [7, 11) is 0. The Kier molecular flexibility index (Phi) is 1.88. The molecule has 2 unspecified atom stereocenters. The van der Waals surface area contributed by atoms with Gasteiger partial charge in [0.05, 0.1) is 0 Å². The minimum Gasteiger partial charge on any atom is -0.295 e. The fourth-order valence-corrected chi connectivity index (χ4v) is 2.80. The number of hydrogen-bond acceptors (Lipinski definition) is 1. The number of allylic oxidation sites excluding steroid dienone is 2. The van der Waals surface area contributed by atoms with Crippen LogP contribution in [0.25, 0.3) is 0 Å². The van der Waals surface area contributed by atoms with Crippen LogP contribution < -0.4 is 0 Å². The van der Waals surface area contributed by atoms with Crippen LogP contribution in [0.4, 0.5) is 0 Å².